The number of amidine groups is 1. The van der Waals surface area contributed by atoms with Crippen molar-refractivity contribution in [3.05, 3.63) is 0 Å². The first-order chi connectivity index (χ1) is 10.1. The SMILES string of the molecule is CCCC(CCC)(C(=O)N1CCCCCCC1)C(N)=NO. The number of hydrogen-bond donors (Lipinski definition) is 2. The van der Waals surface area contributed by atoms with Gasteiger partial charge in [-0.1, -0.05) is 51.1 Å². The number of hydrogen-bond acceptors (Lipinski definition) is 3. The summed E-state index contributed by atoms with van der Waals surface area (Å²) in [5.74, 6) is 0.140. The predicted octanol–water partition coefficient (Wildman–Crippen LogP) is 3.11. The third kappa shape index (κ3) is 4.35. The molecule has 5 nitrogen and oxygen atoms in total. The van der Waals surface area contributed by atoms with E-state index >= 15 is 0 Å². The zero-order chi connectivity index (χ0) is 15.7. The highest BCUT2D eigenvalue weighted by Crippen LogP contribution is 2.33. The molecular formula is C16H31N3O2. The molecule has 1 saturated heterocycles. The number of carbonyl (C=O) groups is 1. The summed E-state index contributed by atoms with van der Waals surface area (Å²) in [6, 6.07) is 0. The number of carbonyl (C=O) groups excluding carboxylic acids is 1. The van der Waals surface area contributed by atoms with Crippen LogP contribution in [0.1, 0.15) is 71.6 Å². The maximum Gasteiger partial charge on any atom is 0.236 e. The Bertz CT molecular complexity index is 341. The molecule has 0 saturated carbocycles. The molecule has 21 heavy (non-hydrogen) atoms. The maximum atomic E-state index is 13.1. The summed E-state index contributed by atoms with van der Waals surface area (Å²) in [7, 11) is 0. The van der Waals surface area contributed by atoms with Gasteiger partial charge in [0.05, 0.1) is 0 Å². The Labute approximate surface area is 128 Å². The van der Waals surface area contributed by atoms with E-state index in [1.807, 2.05) is 18.7 Å². The molecule has 1 heterocycles. The second-order valence-corrected chi connectivity index (χ2v) is 6.13. The van der Waals surface area contributed by atoms with Crippen molar-refractivity contribution >= 4 is 11.7 Å². The Morgan fingerprint density at radius 1 is 1.10 bits per heavy atom. The number of nitrogens with two attached hydrogens (primary N) is 1. The van der Waals surface area contributed by atoms with Crippen LogP contribution in [0.4, 0.5) is 0 Å². The zero-order valence-corrected chi connectivity index (χ0v) is 13.6. The molecule has 0 aromatic heterocycles. The first kappa shape index (κ1) is 17.8. The quantitative estimate of drug-likeness (QED) is 0.342. The van der Waals surface area contributed by atoms with E-state index in [1.54, 1.807) is 0 Å². The van der Waals surface area contributed by atoms with Gasteiger partial charge < -0.3 is 15.8 Å². The highest BCUT2D eigenvalue weighted by molar-refractivity contribution is 6.06. The van der Waals surface area contributed by atoms with Gasteiger partial charge in [-0.3, -0.25) is 4.79 Å². The molecule has 122 valence electrons. The van der Waals surface area contributed by atoms with Crippen LogP contribution >= 0.6 is 0 Å². The van der Waals surface area contributed by atoms with Crippen LogP contribution in [0.3, 0.4) is 0 Å². The Balaban J connectivity index is 3.00. The van der Waals surface area contributed by atoms with Crippen molar-refractivity contribution in [3.63, 3.8) is 0 Å². The average Bonchev–Trinajstić information content (AvgIpc) is 2.45. The summed E-state index contributed by atoms with van der Waals surface area (Å²) >= 11 is 0. The van der Waals surface area contributed by atoms with Gasteiger partial charge in [0.2, 0.25) is 5.91 Å². The standard InChI is InChI=1S/C16H31N3O2/c1-3-10-16(11-4-2,14(17)18-21)15(20)19-12-8-6-5-7-9-13-19/h21H,3-13H2,1-2H3,(H2,17,18). The van der Waals surface area contributed by atoms with Gasteiger partial charge >= 0.3 is 0 Å². The lowest BCUT2D eigenvalue weighted by molar-refractivity contribution is -0.139. The van der Waals surface area contributed by atoms with Crippen LogP contribution in [0.25, 0.3) is 0 Å². The van der Waals surface area contributed by atoms with Crippen molar-refractivity contribution < 1.29 is 10.0 Å². The summed E-state index contributed by atoms with van der Waals surface area (Å²) in [6.07, 6.45) is 8.71. The van der Waals surface area contributed by atoms with Gasteiger partial charge in [-0.15, -0.1) is 0 Å². The molecule has 0 unspecified atom stereocenters. The van der Waals surface area contributed by atoms with Gasteiger partial charge in [-0.05, 0) is 25.7 Å². The van der Waals surface area contributed by atoms with Crippen LogP contribution in [0, 0.1) is 5.41 Å². The van der Waals surface area contributed by atoms with E-state index in [0.717, 1.165) is 38.8 Å². The minimum Gasteiger partial charge on any atom is -0.409 e. The summed E-state index contributed by atoms with van der Waals surface area (Å²) < 4.78 is 0. The first-order valence-electron chi connectivity index (χ1n) is 8.39. The lowest BCUT2D eigenvalue weighted by Crippen LogP contribution is -2.52. The van der Waals surface area contributed by atoms with Gasteiger partial charge in [-0.25, -0.2) is 0 Å². The molecule has 0 bridgehead atoms. The van der Waals surface area contributed by atoms with Gasteiger partial charge in [-0.2, -0.15) is 0 Å². The van der Waals surface area contributed by atoms with Crippen molar-refractivity contribution in [2.24, 2.45) is 16.3 Å². The largest absolute Gasteiger partial charge is 0.409 e. The van der Waals surface area contributed by atoms with Crippen LogP contribution in [-0.2, 0) is 4.79 Å². The fourth-order valence-corrected chi connectivity index (χ4v) is 3.41. The smallest absolute Gasteiger partial charge is 0.236 e. The highest BCUT2D eigenvalue weighted by atomic mass is 16.4. The van der Waals surface area contributed by atoms with Gasteiger partial charge in [0.1, 0.15) is 5.41 Å². The Morgan fingerprint density at radius 3 is 2.00 bits per heavy atom. The van der Waals surface area contributed by atoms with Crippen molar-refractivity contribution in [2.45, 2.75) is 71.6 Å². The molecule has 1 aliphatic heterocycles. The van der Waals surface area contributed by atoms with Gasteiger partial charge in [0.25, 0.3) is 0 Å². The van der Waals surface area contributed by atoms with Gasteiger partial charge in [0.15, 0.2) is 5.84 Å². The monoisotopic (exact) mass is 297 g/mol. The predicted molar refractivity (Wildman–Crippen MR) is 85.3 cm³/mol. The summed E-state index contributed by atoms with van der Waals surface area (Å²) in [5, 5.41) is 12.4. The van der Waals surface area contributed by atoms with Crippen LogP contribution in [-0.4, -0.2) is 34.9 Å². The zero-order valence-electron chi connectivity index (χ0n) is 13.6. The highest BCUT2D eigenvalue weighted by Gasteiger charge is 2.43. The van der Waals surface area contributed by atoms with E-state index in [-0.39, 0.29) is 11.7 Å². The first-order valence-corrected chi connectivity index (χ1v) is 8.39. The van der Waals surface area contributed by atoms with Crippen LogP contribution in [0.5, 0.6) is 0 Å². The van der Waals surface area contributed by atoms with Crippen LogP contribution in [0.15, 0.2) is 5.16 Å². The molecule has 0 aromatic carbocycles. The van der Waals surface area contributed by atoms with E-state index in [4.69, 9.17) is 10.9 Å². The Hall–Kier alpha value is -1.26. The molecule has 1 rings (SSSR count). The number of oxime groups is 1. The van der Waals surface area contributed by atoms with E-state index in [9.17, 15) is 4.79 Å². The van der Waals surface area contributed by atoms with E-state index in [0.29, 0.717) is 12.8 Å². The van der Waals surface area contributed by atoms with Crippen molar-refractivity contribution in [2.75, 3.05) is 13.1 Å². The fraction of sp³-hybridized carbons (Fsp3) is 0.875. The van der Waals surface area contributed by atoms with Gasteiger partial charge in [0, 0.05) is 13.1 Å². The molecule has 1 amide bonds. The molecule has 0 atom stereocenters. The van der Waals surface area contributed by atoms with E-state index < -0.39 is 5.41 Å². The summed E-state index contributed by atoms with van der Waals surface area (Å²) in [4.78, 5) is 15.1. The second kappa shape index (κ2) is 8.90. The average molecular weight is 297 g/mol. The summed E-state index contributed by atoms with van der Waals surface area (Å²) in [6.45, 7) is 5.67. The van der Waals surface area contributed by atoms with E-state index in [1.165, 1.54) is 19.3 Å². The number of nitrogens with zero attached hydrogens (tertiary/aromatic N) is 2. The number of amides is 1. The molecule has 1 fully saturated rings. The molecule has 5 heteroatoms. The second-order valence-electron chi connectivity index (χ2n) is 6.13. The third-order valence-corrected chi connectivity index (χ3v) is 4.50. The minimum absolute atomic E-state index is 0.0587. The molecule has 3 N–H and O–H groups in total. The number of rotatable bonds is 6. The lowest BCUT2D eigenvalue weighted by atomic mass is 9.76. The Kier molecular flexibility index (Phi) is 7.54. The van der Waals surface area contributed by atoms with Crippen molar-refractivity contribution in [1.29, 1.82) is 0 Å². The fourth-order valence-electron chi connectivity index (χ4n) is 3.41. The molecule has 0 aliphatic carbocycles. The molecular weight excluding hydrogens is 266 g/mol. The molecule has 0 radical (unpaired) electrons. The topological polar surface area (TPSA) is 78.9 Å². The third-order valence-electron chi connectivity index (χ3n) is 4.50. The molecule has 1 aliphatic rings. The summed E-state index contributed by atoms with van der Waals surface area (Å²) in [5.41, 5.74) is 5.13. The lowest BCUT2D eigenvalue weighted by Gasteiger charge is -2.37. The van der Waals surface area contributed by atoms with Crippen LogP contribution in [0.2, 0.25) is 0 Å². The Morgan fingerprint density at radius 2 is 1.57 bits per heavy atom. The minimum atomic E-state index is -0.822. The van der Waals surface area contributed by atoms with Crippen molar-refractivity contribution in [1.82, 2.24) is 4.90 Å². The normalized spacial score (nSPS) is 18.2. The van der Waals surface area contributed by atoms with E-state index in [2.05, 4.69) is 5.16 Å². The van der Waals surface area contributed by atoms with Crippen LogP contribution < -0.4 is 5.73 Å². The van der Waals surface area contributed by atoms with Crippen molar-refractivity contribution in [3.8, 4) is 0 Å². The maximum absolute atomic E-state index is 13.1. The number of likely N-dealkylation sites (tertiary alicyclic amines) is 1. The molecule has 0 aromatic rings. The molecule has 0 spiro atoms.